The fourth-order valence-corrected chi connectivity index (χ4v) is 1.94. The van der Waals surface area contributed by atoms with Gasteiger partial charge in [-0.15, -0.1) is 0 Å². The van der Waals surface area contributed by atoms with Crippen LogP contribution < -0.4 is 11.1 Å². The highest BCUT2D eigenvalue weighted by Crippen LogP contribution is 2.21. The molecule has 3 N–H and O–H groups in total. The van der Waals surface area contributed by atoms with E-state index >= 15 is 0 Å². The van der Waals surface area contributed by atoms with Crippen LogP contribution in [0.25, 0.3) is 0 Å². The van der Waals surface area contributed by atoms with E-state index in [9.17, 15) is 4.79 Å². The maximum Gasteiger partial charge on any atom is 0.223 e. The molecule has 0 spiro atoms. The van der Waals surface area contributed by atoms with Crippen LogP contribution in [0.3, 0.4) is 0 Å². The van der Waals surface area contributed by atoms with Gasteiger partial charge in [0.2, 0.25) is 5.91 Å². The van der Waals surface area contributed by atoms with Gasteiger partial charge in [-0.2, -0.15) is 0 Å². The van der Waals surface area contributed by atoms with Crippen LogP contribution in [0.2, 0.25) is 0 Å². The molecule has 0 saturated carbocycles. The molecule has 0 aromatic rings. The van der Waals surface area contributed by atoms with Gasteiger partial charge in [-0.05, 0) is 26.7 Å². The maximum absolute atomic E-state index is 12.0. The number of carbonyl (C=O) groups is 1. The number of carbonyl (C=O) groups excluding carboxylic acids is 1. The third-order valence-corrected chi connectivity index (χ3v) is 3.38. The van der Waals surface area contributed by atoms with E-state index in [4.69, 9.17) is 15.2 Å². The monoisotopic (exact) mass is 244 g/mol. The van der Waals surface area contributed by atoms with E-state index in [1.807, 2.05) is 13.8 Å². The van der Waals surface area contributed by atoms with Crippen molar-refractivity contribution in [2.24, 2.45) is 5.73 Å². The Hall–Kier alpha value is -0.650. The number of hydrogen-bond donors (Lipinski definition) is 2. The number of amides is 1. The van der Waals surface area contributed by atoms with Gasteiger partial charge in [0, 0.05) is 26.9 Å². The Labute approximate surface area is 103 Å². The van der Waals surface area contributed by atoms with Gasteiger partial charge in [-0.3, -0.25) is 4.79 Å². The molecule has 1 saturated heterocycles. The zero-order valence-corrected chi connectivity index (χ0v) is 11.0. The smallest absolute Gasteiger partial charge is 0.223 e. The average Bonchev–Trinajstić information content (AvgIpc) is 2.29. The molecule has 1 fully saturated rings. The molecule has 5 nitrogen and oxygen atoms in total. The van der Waals surface area contributed by atoms with Crippen molar-refractivity contribution in [1.29, 1.82) is 0 Å². The van der Waals surface area contributed by atoms with Crippen molar-refractivity contribution in [1.82, 2.24) is 5.32 Å². The Morgan fingerprint density at radius 1 is 1.47 bits per heavy atom. The lowest BCUT2D eigenvalue weighted by Crippen LogP contribution is -2.57. The first kappa shape index (κ1) is 14.4. The Balaban J connectivity index is 2.53. The summed E-state index contributed by atoms with van der Waals surface area (Å²) in [5.41, 5.74) is 5.05. The summed E-state index contributed by atoms with van der Waals surface area (Å²) in [5, 5.41) is 3.05. The quantitative estimate of drug-likeness (QED) is 0.735. The Kier molecular flexibility index (Phi) is 4.91. The molecule has 0 aromatic carbocycles. The van der Waals surface area contributed by atoms with Crippen LogP contribution in [0.1, 0.15) is 33.1 Å². The molecule has 0 radical (unpaired) electrons. The lowest BCUT2D eigenvalue weighted by Gasteiger charge is -2.37. The first-order valence-corrected chi connectivity index (χ1v) is 6.07. The second-order valence-corrected chi connectivity index (χ2v) is 5.29. The predicted octanol–water partition coefficient (Wildman–Crippen LogP) is 0.426. The molecule has 1 heterocycles. The lowest BCUT2D eigenvalue weighted by atomic mass is 9.89. The van der Waals surface area contributed by atoms with Crippen molar-refractivity contribution in [3.05, 3.63) is 0 Å². The van der Waals surface area contributed by atoms with E-state index in [1.54, 1.807) is 7.11 Å². The molecule has 1 aliphatic rings. The minimum atomic E-state index is -0.439. The van der Waals surface area contributed by atoms with E-state index in [-0.39, 0.29) is 11.4 Å². The van der Waals surface area contributed by atoms with Crippen LogP contribution in [0.15, 0.2) is 0 Å². The second kappa shape index (κ2) is 5.80. The highest BCUT2D eigenvalue weighted by molar-refractivity contribution is 5.77. The summed E-state index contributed by atoms with van der Waals surface area (Å²) < 4.78 is 10.5. The molecule has 0 aromatic heterocycles. The Morgan fingerprint density at radius 2 is 2.06 bits per heavy atom. The fourth-order valence-electron chi connectivity index (χ4n) is 1.94. The summed E-state index contributed by atoms with van der Waals surface area (Å²) in [5.74, 6) is -0.01000. The van der Waals surface area contributed by atoms with E-state index < -0.39 is 5.60 Å². The van der Waals surface area contributed by atoms with Gasteiger partial charge in [0.25, 0.3) is 0 Å². The van der Waals surface area contributed by atoms with E-state index in [2.05, 4.69) is 5.32 Å². The van der Waals surface area contributed by atoms with Gasteiger partial charge >= 0.3 is 0 Å². The molecule has 5 heteroatoms. The molecular weight excluding hydrogens is 220 g/mol. The molecule has 0 atom stereocenters. The third-order valence-electron chi connectivity index (χ3n) is 3.38. The lowest BCUT2D eigenvalue weighted by molar-refractivity contribution is -0.129. The Morgan fingerprint density at radius 3 is 2.53 bits per heavy atom. The second-order valence-electron chi connectivity index (χ2n) is 5.29. The first-order valence-electron chi connectivity index (χ1n) is 6.07. The standard InChI is InChI=1S/C12H24N2O3/c1-11(2,16-3)8-10(15)14-12(9-13)4-6-17-7-5-12/h4-9,13H2,1-3H3,(H,14,15). The summed E-state index contributed by atoms with van der Waals surface area (Å²) in [6, 6.07) is 0. The number of ether oxygens (including phenoxy) is 2. The van der Waals surface area contributed by atoms with E-state index in [1.165, 1.54) is 0 Å². The van der Waals surface area contributed by atoms with Crippen molar-refractivity contribution >= 4 is 5.91 Å². The molecule has 100 valence electrons. The summed E-state index contributed by atoms with van der Waals surface area (Å²) in [7, 11) is 1.61. The zero-order chi connectivity index (χ0) is 12.9. The van der Waals surface area contributed by atoms with Crippen LogP contribution in [0.5, 0.6) is 0 Å². The molecular formula is C12H24N2O3. The van der Waals surface area contributed by atoms with Gasteiger partial charge in [0.1, 0.15) is 0 Å². The molecule has 0 bridgehead atoms. The number of rotatable bonds is 5. The third kappa shape index (κ3) is 4.26. The summed E-state index contributed by atoms with van der Waals surface area (Å²) in [6.07, 6.45) is 1.90. The minimum Gasteiger partial charge on any atom is -0.381 e. The molecule has 0 unspecified atom stereocenters. The number of nitrogens with one attached hydrogen (secondary N) is 1. The van der Waals surface area contributed by atoms with Gasteiger partial charge in [0.15, 0.2) is 0 Å². The maximum atomic E-state index is 12.0. The molecule has 1 aliphatic heterocycles. The van der Waals surface area contributed by atoms with Crippen LogP contribution in [-0.2, 0) is 14.3 Å². The highest BCUT2D eigenvalue weighted by Gasteiger charge is 2.34. The van der Waals surface area contributed by atoms with Gasteiger partial charge in [-0.25, -0.2) is 0 Å². The van der Waals surface area contributed by atoms with Gasteiger partial charge in [-0.1, -0.05) is 0 Å². The SMILES string of the molecule is COC(C)(C)CC(=O)NC1(CN)CCOCC1. The number of hydrogen-bond acceptors (Lipinski definition) is 4. The largest absolute Gasteiger partial charge is 0.381 e. The molecule has 1 amide bonds. The van der Waals surface area contributed by atoms with E-state index in [0.717, 1.165) is 12.8 Å². The van der Waals surface area contributed by atoms with Crippen LogP contribution in [0, 0.1) is 0 Å². The molecule has 17 heavy (non-hydrogen) atoms. The Bertz CT molecular complexity index is 260. The molecule has 1 rings (SSSR count). The van der Waals surface area contributed by atoms with Crippen molar-refractivity contribution in [2.45, 2.75) is 44.2 Å². The van der Waals surface area contributed by atoms with Crippen LogP contribution >= 0.6 is 0 Å². The number of methoxy groups -OCH3 is 1. The molecule has 0 aliphatic carbocycles. The zero-order valence-electron chi connectivity index (χ0n) is 11.0. The van der Waals surface area contributed by atoms with Crippen molar-refractivity contribution in [3.63, 3.8) is 0 Å². The van der Waals surface area contributed by atoms with Crippen molar-refractivity contribution in [2.75, 3.05) is 26.9 Å². The first-order chi connectivity index (χ1) is 7.93. The van der Waals surface area contributed by atoms with Gasteiger partial charge < -0.3 is 20.5 Å². The van der Waals surface area contributed by atoms with Crippen LogP contribution in [0.4, 0.5) is 0 Å². The van der Waals surface area contributed by atoms with Crippen molar-refractivity contribution < 1.29 is 14.3 Å². The van der Waals surface area contributed by atoms with Crippen LogP contribution in [-0.4, -0.2) is 43.9 Å². The van der Waals surface area contributed by atoms with Gasteiger partial charge in [0.05, 0.1) is 17.6 Å². The fraction of sp³-hybridized carbons (Fsp3) is 0.917. The van der Waals surface area contributed by atoms with E-state index in [0.29, 0.717) is 26.2 Å². The average molecular weight is 244 g/mol. The number of nitrogens with two attached hydrogens (primary N) is 1. The predicted molar refractivity (Wildman–Crippen MR) is 65.7 cm³/mol. The van der Waals surface area contributed by atoms with Crippen molar-refractivity contribution in [3.8, 4) is 0 Å². The topological polar surface area (TPSA) is 73.6 Å². The normalized spacial score (nSPS) is 20.0. The summed E-state index contributed by atoms with van der Waals surface area (Å²) in [6.45, 7) is 5.56. The minimum absolute atomic E-state index is 0.01000. The highest BCUT2D eigenvalue weighted by atomic mass is 16.5. The summed E-state index contributed by atoms with van der Waals surface area (Å²) in [4.78, 5) is 12.0. The summed E-state index contributed by atoms with van der Waals surface area (Å²) >= 11 is 0.